The Morgan fingerprint density at radius 1 is 1.22 bits per heavy atom. The van der Waals surface area contributed by atoms with Crippen LogP contribution in [-0.4, -0.2) is 59.8 Å². The van der Waals surface area contributed by atoms with E-state index in [4.69, 9.17) is 5.11 Å². The third kappa shape index (κ3) is 6.97. The summed E-state index contributed by atoms with van der Waals surface area (Å²) in [6.45, 7) is 0.201. The highest BCUT2D eigenvalue weighted by molar-refractivity contribution is 5.75. The highest BCUT2D eigenvalue weighted by Crippen LogP contribution is 2.17. The second kappa shape index (κ2) is 7.07. The van der Waals surface area contributed by atoms with Crippen molar-refractivity contribution in [3.8, 4) is 0 Å². The number of alkyl halides is 3. The van der Waals surface area contributed by atoms with E-state index in [2.05, 4.69) is 0 Å². The molecule has 0 fully saturated rings. The molecule has 0 bridgehead atoms. The van der Waals surface area contributed by atoms with Gasteiger partial charge in [0.15, 0.2) is 0 Å². The Morgan fingerprint density at radius 2 is 1.78 bits per heavy atom. The molecule has 0 aromatic rings. The van der Waals surface area contributed by atoms with Gasteiger partial charge in [0.1, 0.15) is 6.54 Å². The van der Waals surface area contributed by atoms with Gasteiger partial charge in [0.05, 0.1) is 6.42 Å². The molecule has 0 spiro atoms. The predicted molar refractivity (Wildman–Crippen MR) is 58.2 cm³/mol. The molecule has 0 atom stereocenters. The zero-order valence-electron chi connectivity index (χ0n) is 10.3. The zero-order chi connectivity index (χ0) is 14.3. The van der Waals surface area contributed by atoms with E-state index in [0.717, 1.165) is 4.90 Å². The van der Waals surface area contributed by atoms with Crippen molar-refractivity contribution in [1.29, 1.82) is 0 Å². The van der Waals surface area contributed by atoms with Crippen molar-refractivity contribution in [2.75, 3.05) is 26.7 Å². The van der Waals surface area contributed by atoms with Crippen LogP contribution in [0.3, 0.4) is 0 Å². The summed E-state index contributed by atoms with van der Waals surface area (Å²) in [6.07, 6.45) is -4.36. The number of hydrogen-bond acceptors (Lipinski definition) is 2. The van der Waals surface area contributed by atoms with Crippen LogP contribution in [0.15, 0.2) is 0 Å². The molecular weight excluding hydrogens is 253 g/mol. The largest absolute Gasteiger partial charge is 0.481 e. The van der Waals surface area contributed by atoms with E-state index in [1.807, 2.05) is 0 Å². The van der Waals surface area contributed by atoms with Crippen molar-refractivity contribution in [1.82, 2.24) is 9.80 Å². The van der Waals surface area contributed by atoms with Crippen LogP contribution in [0.1, 0.15) is 19.8 Å². The Kier molecular flexibility index (Phi) is 6.50. The van der Waals surface area contributed by atoms with E-state index >= 15 is 0 Å². The lowest BCUT2D eigenvalue weighted by Crippen LogP contribution is -2.46. The lowest BCUT2D eigenvalue weighted by molar-refractivity contribution is -0.141. The molecule has 0 radical (unpaired) electrons. The summed E-state index contributed by atoms with van der Waals surface area (Å²) >= 11 is 0. The first kappa shape index (κ1) is 16.5. The molecule has 0 heterocycles. The molecule has 5 nitrogen and oxygen atoms in total. The smallest absolute Gasteiger partial charge is 0.406 e. The van der Waals surface area contributed by atoms with Crippen LogP contribution in [0.2, 0.25) is 0 Å². The fourth-order valence-electron chi connectivity index (χ4n) is 1.33. The quantitative estimate of drug-likeness (QED) is 0.800. The van der Waals surface area contributed by atoms with E-state index in [0.29, 0.717) is 11.3 Å². The first-order valence-corrected chi connectivity index (χ1v) is 5.46. The molecular formula is C10H17F3N2O3. The van der Waals surface area contributed by atoms with Gasteiger partial charge in [-0.15, -0.1) is 0 Å². The number of aliphatic carboxylic acids is 1. The van der Waals surface area contributed by atoms with Gasteiger partial charge in [-0.3, -0.25) is 4.79 Å². The summed E-state index contributed by atoms with van der Waals surface area (Å²) < 4.78 is 36.8. The summed E-state index contributed by atoms with van der Waals surface area (Å²) in [5.74, 6) is -1.10. The second-order valence-electron chi connectivity index (χ2n) is 3.88. The zero-order valence-corrected chi connectivity index (χ0v) is 10.3. The van der Waals surface area contributed by atoms with Crippen molar-refractivity contribution < 1.29 is 27.9 Å². The first-order valence-electron chi connectivity index (χ1n) is 5.46. The molecule has 8 heteroatoms. The van der Waals surface area contributed by atoms with E-state index < -0.39 is 24.7 Å². The summed E-state index contributed by atoms with van der Waals surface area (Å²) in [4.78, 5) is 23.7. The first-order chi connectivity index (χ1) is 8.17. The van der Waals surface area contributed by atoms with E-state index in [-0.39, 0.29) is 19.5 Å². The van der Waals surface area contributed by atoms with Crippen LogP contribution < -0.4 is 0 Å². The molecule has 18 heavy (non-hydrogen) atoms. The Morgan fingerprint density at radius 3 is 2.17 bits per heavy atom. The minimum Gasteiger partial charge on any atom is -0.481 e. The third-order valence-corrected chi connectivity index (χ3v) is 2.12. The Labute approximate surface area is 103 Å². The molecule has 0 unspecified atom stereocenters. The van der Waals surface area contributed by atoms with Gasteiger partial charge in [0.25, 0.3) is 0 Å². The number of hydrogen-bond donors (Lipinski definition) is 1. The van der Waals surface area contributed by atoms with Gasteiger partial charge in [-0.2, -0.15) is 13.2 Å². The molecule has 0 saturated heterocycles. The maximum Gasteiger partial charge on any atom is 0.406 e. The molecule has 1 N–H and O–H groups in total. The molecule has 0 saturated carbocycles. The lowest BCUT2D eigenvalue weighted by atomic mass is 10.3. The molecule has 0 aromatic carbocycles. The second-order valence-corrected chi connectivity index (χ2v) is 3.88. The van der Waals surface area contributed by atoms with Gasteiger partial charge in [0.2, 0.25) is 0 Å². The van der Waals surface area contributed by atoms with Crippen molar-refractivity contribution in [3.05, 3.63) is 0 Å². The molecule has 2 amide bonds. The summed E-state index contributed by atoms with van der Waals surface area (Å²) in [5, 5.41) is 8.44. The van der Waals surface area contributed by atoms with Gasteiger partial charge < -0.3 is 14.9 Å². The molecule has 0 aromatic heterocycles. The fourth-order valence-corrected chi connectivity index (χ4v) is 1.33. The van der Waals surface area contributed by atoms with Crippen LogP contribution in [0, 0.1) is 0 Å². The Balaban J connectivity index is 4.49. The number of carboxylic acids is 1. The van der Waals surface area contributed by atoms with Gasteiger partial charge in [0, 0.05) is 20.1 Å². The summed E-state index contributed by atoms with van der Waals surface area (Å²) in [5.41, 5.74) is 0. The SMILES string of the molecule is CCCN(CC(F)(F)F)C(=O)N(C)CCC(=O)O. The van der Waals surface area contributed by atoms with Gasteiger partial charge in [-0.25, -0.2) is 4.79 Å². The van der Waals surface area contributed by atoms with Crippen LogP contribution in [0.5, 0.6) is 0 Å². The van der Waals surface area contributed by atoms with Gasteiger partial charge in [-0.05, 0) is 6.42 Å². The molecule has 0 aliphatic heterocycles. The monoisotopic (exact) mass is 270 g/mol. The summed E-state index contributed by atoms with van der Waals surface area (Å²) in [7, 11) is 1.28. The highest BCUT2D eigenvalue weighted by Gasteiger charge is 2.33. The van der Waals surface area contributed by atoms with E-state index in [1.165, 1.54) is 7.05 Å². The van der Waals surface area contributed by atoms with Crippen molar-refractivity contribution >= 4 is 12.0 Å². The lowest BCUT2D eigenvalue weighted by Gasteiger charge is -2.28. The standard InChI is InChI=1S/C10H17F3N2O3/c1-3-5-15(7-10(11,12)13)9(18)14(2)6-4-8(16)17/h3-7H2,1-2H3,(H,16,17). The number of carboxylic acid groups (broad SMARTS) is 1. The minimum absolute atomic E-state index is 0.0181. The maximum atomic E-state index is 12.3. The van der Waals surface area contributed by atoms with E-state index in [9.17, 15) is 22.8 Å². The van der Waals surface area contributed by atoms with E-state index in [1.54, 1.807) is 6.92 Å². The summed E-state index contributed by atoms with van der Waals surface area (Å²) in [6, 6.07) is -0.810. The van der Waals surface area contributed by atoms with Crippen molar-refractivity contribution in [3.63, 3.8) is 0 Å². The third-order valence-electron chi connectivity index (χ3n) is 2.12. The normalized spacial score (nSPS) is 11.2. The highest BCUT2D eigenvalue weighted by atomic mass is 19.4. The number of carbonyl (C=O) groups excluding carboxylic acids is 1. The number of urea groups is 1. The molecule has 0 aliphatic rings. The minimum atomic E-state index is -4.46. The maximum absolute atomic E-state index is 12.3. The van der Waals surface area contributed by atoms with Gasteiger partial charge >= 0.3 is 18.2 Å². The Bertz CT molecular complexity index is 295. The number of carbonyl (C=O) groups is 2. The van der Waals surface area contributed by atoms with Crippen LogP contribution in [0.25, 0.3) is 0 Å². The predicted octanol–water partition coefficient (Wildman–Crippen LogP) is 1.79. The number of nitrogens with zero attached hydrogens (tertiary/aromatic N) is 2. The molecule has 0 aliphatic carbocycles. The van der Waals surface area contributed by atoms with Crippen LogP contribution >= 0.6 is 0 Å². The van der Waals surface area contributed by atoms with Crippen LogP contribution in [0.4, 0.5) is 18.0 Å². The van der Waals surface area contributed by atoms with Crippen molar-refractivity contribution in [2.24, 2.45) is 0 Å². The average Bonchev–Trinajstić information content (AvgIpc) is 2.22. The van der Waals surface area contributed by atoms with Crippen molar-refractivity contribution in [2.45, 2.75) is 25.9 Å². The number of halogens is 3. The molecule has 0 rings (SSSR count). The molecule has 106 valence electrons. The van der Waals surface area contributed by atoms with Crippen LogP contribution in [-0.2, 0) is 4.79 Å². The average molecular weight is 270 g/mol. The fraction of sp³-hybridized carbons (Fsp3) is 0.800. The Hall–Kier alpha value is -1.47. The topological polar surface area (TPSA) is 60.9 Å². The van der Waals surface area contributed by atoms with Gasteiger partial charge in [-0.1, -0.05) is 6.92 Å². The number of amides is 2. The number of rotatable bonds is 6.